The van der Waals surface area contributed by atoms with Crippen molar-refractivity contribution in [3.05, 3.63) is 65.7 Å². The molecule has 2 aromatic rings. The lowest BCUT2D eigenvalue weighted by Crippen LogP contribution is -2.59. The zero-order valence-electron chi connectivity index (χ0n) is 17.8. The van der Waals surface area contributed by atoms with E-state index in [4.69, 9.17) is 0 Å². The number of nitriles is 1. The van der Waals surface area contributed by atoms with E-state index in [-0.39, 0.29) is 0 Å². The Morgan fingerprint density at radius 3 is 2.38 bits per heavy atom. The van der Waals surface area contributed by atoms with E-state index in [2.05, 4.69) is 15.6 Å². The number of benzene rings is 1. The first-order chi connectivity index (χ1) is 15.9. The Balaban J connectivity index is 1.90. The van der Waals surface area contributed by atoms with Crippen molar-refractivity contribution < 1.29 is 30.8 Å². The third-order valence-corrected chi connectivity index (χ3v) is 7.14. The average Bonchev–Trinajstić information content (AvgIpc) is 2.74. The van der Waals surface area contributed by atoms with Crippen LogP contribution in [0.4, 0.5) is 17.6 Å². The summed E-state index contributed by atoms with van der Waals surface area (Å²) in [6, 6.07) is 4.15. The summed E-state index contributed by atoms with van der Waals surface area (Å²) >= 11 is 0. The molecule has 2 N–H and O–H groups in total. The molecular formula is C22H22F4N4O3S. The molecule has 1 amide bonds. The first kappa shape index (κ1) is 25.6. The number of pyridine rings is 1. The van der Waals surface area contributed by atoms with Crippen LogP contribution in [0.2, 0.25) is 0 Å². The molecule has 1 fully saturated rings. The molecule has 1 saturated carbocycles. The standard InChI is InChI=1S/C22H22F4N4O3S/c23-17-6-4-16(5-7-17)19(22(24,25)26)29-18(20(31)30-21(14-27)8-2-9-21)13-34(32,33)12-15-3-1-10-28-11-15/h1,3-7,10-11,18-19,29H,2,8-9,12-13H2,(H,30,31)/t18?,19-/m1/s1. The number of nitrogens with one attached hydrogen (secondary N) is 2. The Morgan fingerprint density at radius 2 is 1.88 bits per heavy atom. The van der Waals surface area contributed by atoms with Gasteiger partial charge in [0.15, 0.2) is 9.84 Å². The Hall–Kier alpha value is -3.04. The maximum absolute atomic E-state index is 13.9. The number of hydrogen-bond donors (Lipinski definition) is 2. The first-order valence-corrected chi connectivity index (χ1v) is 12.2. The minimum absolute atomic E-state index is 0.306. The van der Waals surface area contributed by atoms with Crippen LogP contribution in [-0.2, 0) is 20.4 Å². The van der Waals surface area contributed by atoms with Gasteiger partial charge in [0.05, 0.1) is 17.6 Å². The van der Waals surface area contributed by atoms with E-state index in [1.54, 1.807) is 0 Å². The molecule has 34 heavy (non-hydrogen) atoms. The molecule has 182 valence electrons. The van der Waals surface area contributed by atoms with Crippen LogP contribution in [0.3, 0.4) is 0 Å². The van der Waals surface area contributed by atoms with Crippen molar-refractivity contribution in [3.8, 4) is 6.07 Å². The number of carbonyl (C=O) groups is 1. The molecule has 1 heterocycles. The van der Waals surface area contributed by atoms with Gasteiger partial charge in [-0.3, -0.25) is 15.1 Å². The first-order valence-electron chi connectivity index (χ1n) is 10.3. The molecule has 12 heteroatoms. The van der Waals surface area contributed by atoms with Crippen LogP contribution in [0.1, 0.15) is 36.4 Å². The van der Waals surface area contributed by atoms with Crippen molar-refractivity contribution >= 4 is 15.7 Å². The molecule has 2 atom stereocenters. The largest absolute Gasteiger partial charge is 0.407 e. The fraction of sp³-hybridized carbons (Fsp3) is 0.409. The van der Waals surface area contributed by atoms with E-state index in [0.29, 0.717) is 24.8 Å². The molecular weight excluding hydrogens is 476 g/mol. The molecule has 3 rings (SSSR count). The number of rotatable bonds is 9. The highest BCUT2D eigenvalue weighted by Crippen LogP contribution is 2.34. The molecule has 0 saturated heterocycles. The van der Waals surface area contributed by atoms with E-state index in [1.807, 2.05) is 6.07 Å². The zero-order valence-corrected chi connectivity index (χ0v) is 18.7. The second-order valence-corrected chi connectivity index (χ2v) is 10.3. The molecule has 1 aromatic carbocycles. The van der Waals surface area contributed by atoms with Gasteiger partial charge < -0.3 is 5.32 Å². The number of alkyl halides is 3. The number of nitrogens with zero attached hydrogens (tertiary/aromatic N) is 2. The van der Waals surface area contributed by atoms with Crippen LogP contribution < -0.4 is 10.6 Å². The summed E-state index contributed by atoms with van der Waals surface area (Å²) in [6.07, 6.45) is -0.921. The molecule has 0 aliphatic heterocycles. The lowest BCUT2D eigenvalue weighted by molar-refractivity contribution is -0.160. The van der Waals surface area contributed by atoms with Crippen LogP contribution >= 0.6 is 0 Å². The quantitative estimate of drug-likeness (QED) is 0.514. The van der Waals surface area contributed by atoms with Gasteiger partial charge in [-0.05, 0) is 48.6 Å². The van der Waals surface area contributed by atoms with Gasteiger partial charge in [0.25, 0.3) is 0 Å². The van der Waals surface area contributed by atoms with Crippen LogP contribution in [0.25, 0.3) is 0 Å². The van der Waals surface area contributed by atoms with Crippen molar-refractivity contribution in [2.24, 2.45) is 0 Å². The molecule has 0 radical (unpaired) electrons. The summed E-state index contributed by atoms with van der Waals surface area (Å²) in [5.41, 5.74) is -1.33. The summed E-state index contributed by atoms with van der Waals surface area (Å²) < 4.78 is 80.5. The molecule has 7 nitrogen and oxygen atoms in total. The maximum Gasteiger partial charge on any atom is 0.407 e. The number of amides is 1. The van der Waals surface area contributed by atoms with E-state index >= 15 is 0 Å². The van der Waals surface area contributed by atoms with Crippen LogP contribution in [0.15, 0.2) is 48.8 Å². The number of halogens is 4. The molecule has 1 aromatic heterocycles. The molecule has 0 spiro atoms. The topological polar surface area (TPSA) is 112 Å². The van der Waals surface area contributed by atoms with Gasteiger partial charge in [-0.1, -0.05) is 18.2 Å². The Labute approximate surface area is 194 Å². The highest BCUT2D eigenvalue weighted by atomic mass is 32.2. The van der Waals surface area contributed by atoms with Crippen molar-refractivity contribution in [2.45, 2.75) is 48.8 Å². The Morgan fingerprint density at radius 1 is 1.21 bits per heavy atom. The predicted octanol–water partition coefficient (Wildman–Crippen LogP) is 2.96. The second kappa shape index (κ2) is 10.1. The summed E-state index contributed by atoms with van der Waals surface area (Å²) in [4.78, 5) is 16.8. The number of hydrogen-bond acceptors (Lipinski definition) is 6. The monoisotopic (exact) mass is 498 g/mol. The second-order valence-electron chi connectivity index (χ2n) is 8.20. The smallest absolute Gasteiger partial charge is 0.336 e. The molecule has 1 aliphatic rings. The fourth-order valence-corrected chi connectivity index (χ4v) is 5.16. The van der Waals surface area contributed by atoms with Gasteiger partial charge in [0.2, 0.25) is 5.91 Å². The highest BCUT2D eigenvalue weighted by molar-refractivity contribution is 7.90. The normalized spacial score (nSPS) is 17.1. The number of carbonyl (C=O) groups excluding carboxylic acids is 1. The van der Waals surface area contributed by atoms with Crippen LogP contribution in [-0.4, -0.2) is 42.8 Å². The third kappa shape index (κ3) is 6.51. The lowest BCUT2D eigenvalue weighted by atomic mass is 9.78. The van der Waals surface area contributed by atoms with Gasteiger partial charge in [0, 0.05) is 12.4 Å². The third-order valence-electron chi connectivity index (χ3n) is 5.53. The Kier molecular flexibility index (Phi) is 7.57. The van der Waals surface area contributed by atoms with Crippen molar-refractivity contribution in [2.75, 3.05) is 5.75 Å². The molecule has 1 aliphatic carbocycles. The van der Waals surface area contributed by atoms with Crippen molar-refractivity contribution in [3.63, 3.8) is 0 Å². The summed E-state index contributed by atoms with van der Waals surface area (Å²) in [5, 5.41) is 13.9. The highest BCUT2D eigenvalue weighted by Gasteiger charge is 2.45. The van der Waals surface area contributed by atoms with E-state index < -0.39 is 62.4 Å². The van der Waals surface area contributed by atoms with Crippen LogP contribution in [0, 0.1) is 17.1 Å². The number of aromatic nitrogens is 1. The van der Waals surface area contributed by atoms with Gasteiger partial charge in [0.1, 0.15) is 23.4 Å². The van der Waals surface area contributed by atoms with E-state index in [0.717, 1.165) is 24.3 Å². The zero-order chi connectivity index (χ0) is 25.0. The van der Waals surface area contributed by atoms with Crippen molar-refractivity contribution in [1.82, 2.24) is 15.6 Å². The van der Waals surface area contributed by atoms with Gasteiger partial charge >= 0.3 is 6.18 Å². The molecule has 1 unspecified atom stereocenters. The maximum atomic E-state index is 13.9. The predicted molar refractivity (Wildman–Crippen MR) is 114 cm³/mol. The lowest BCUT2D eigenvalue weighted by Gasteiger charge is -2.37. The molecule has 0 bridgehead atoms. The number of sulfone groups is 1. The van der Waals surface area contributed by atoms with Gasteiger partial charge in [-0.15, -0.1) is 0 Å². The fourth-order valence-electron chi connectivity index (χ4n) is 3.60. The minimum Gasteiger partial charge on any atom is -0.336 e. The Bertz CT molecular complexity index is 1150. The average molecular weight is 499 g/mol. The summed E-state index contributed by atoms with van der Waals surface area (Å²) in [6.45, 7) is 0. The van der Waals surface area contributed by atoms with E-state index in [9.17, 15) is 36.0 Å². The summed E-state index contributed by atoms with van der Waals surface area (Å²) in [5.74, 6) is -3.28. The summed E-state index contributed by atoms with van der Waals surface area (Å²) in [7, 11) is -4.08. The SMILES string of the molecule is N#CC1(NC(=O)C(CS(=O)(=O)Cc2cccnc2)N[C@H](c2ccc(F)cc2)C(F)(F)F)CCC1. The van der Waals surface area contributed by atoms with Crippen LogP contribution in [0.5, 0.6) is 0 Å². The van der Waals surface area contributed by atoms with Gasteiger partial charge in [-0.25, -0.2) is 12.8 Å². The van der Waals surface area contributed by atoms with Gasteiger partial charge in [-0.2, -0.15) is 18.4 Å². The minimum atomic E-state index is -4.92. The van der Waals surface area contributed by atoms with E-state index in [1.165, 1.54) is 24.5 Å². The van der Waals surface area contributed by atoms with Crippen molar-refractivity contribution in [1.29, 1.82) is 5.26 Å².